The number of nitrogens with zero attached hydrogens (tertiary/aromatic N) is 1. The molecule has 1 fully saturated rings. The van der Waals surface area contributed by atoms with E-state index in [1.54, 1.807) is 0 Å². The van der Waals surface area contributed by atoms with Gasteiger partial charge in [-0.05, 0) is 26.8 Å². The van der Waals surface area contributed by atoms with Crippen molar-refractivity contribution in [2.75, 3.05) is 18.0 Å². The second-order valence-electron chi connectivity index (χ2n) is 4.95. The van der Waals surface area contributed by atoms with E-state index in [-0.39, 0.29) is 18.8 Å². The molecule has 17 heavy (non-hydrogen) atoms. The van der Waals surface area contributed by atoms with Crippen molar-refractivity contribution >= 4 is 5.69 Å². The van der Waals surface area contributed by atoms with Crippen molar-refractivity contribution in [3.05, 3.63) is 29.3 Å². The number of anilines is 1. The molecule has 1 heterocycles. The fraction of sp³-hybridized carbons (Fsp3) is 0.571. The lowest BCUT2D eigenvalue weighted by Gasteiger charge is -2.37. The van der Waals surface area contributed by atoms with E-state index in [0.29, 0.717) is 0 Å². The molecule has 0 aliphatic carbocycles. The molecule has 1 saturated heterocycles. The zero-order valence-electron chi connectivity index (χ0n) is 10.8. The van der Waals surface area contributed by atoms with E-state index < -0.39 is 0 Å². The fourth-order valence-corrected chi connectivity index (χ4v) is 2.52. The Morgan fingerprint density at radius 2 is 1.94 bits per heavy atom. The van der Waals surface area contributed by atoms with E-state index in [0.717, 1.165) is 24.3 Å². The van der Waals surface area contributed by atoms with E-state index in [2.05, 4.69) is 36.9 Å². The molecular formula is C14H21NO2. The van der Waals surface area contributed by atoms with Gasteiger partial charge in [0.05, 0.1) is 18.8 Å². The number of hydrogen-bond donors (Lipinski definition) is 1. The predicted molar refractivity (Wildman–Crippen MR) is 69.3 cm³/mol. The molecule has 1 aromatic rings. The molecule has 2 atom stereocenters. The largest absolute Gasteiger partial charge is 0.392 e. The first-order valence-corrected chi connectivity index (χ1v) is 6.21. The van der Waals surface area contributed by atoms with Crippen LogP contribution in [0.4, 0.5) is 5.69 Å². The van der Waals surface area contributed by atoms with Crippen molar-refractivity contribution in [1.29, 1.82) is 0 Å². The molecule has 1 aliphatic heterocycles. The van der Waals surface area contributed by atoms with Crippen molar-refractivity contribution in [2.24, 2.45) is 0 Å². The molecule has 1 aromatic carbocycles. The standard InChI is InChI=1S/C14H21NO2/c1-10-4-5-14(13(6-10)9-16)15-7-11(2)17-12(3)8-15/h4-6,11-12,16H,7-9H2,1-3H3/t11-,12+. The lowest BCUT2D eigenvalue weighted by Crippen LogP contribution is -2.45. The first-order chi connectivity index (χ1) is 8.10. The molecule has 3 nitrogen and oxygen atoms in total. The van der Waals surface area contributed by atoms with Gasteiger partial charge in [-0.3, -0.25) is 0 Å². The highest BCUT2D eigenvalue weighted by Gasteiger charge is 2.23. The third kappa shape index (κ3) is 2.79. The Balaban J connectivity index is 2.26. The first-order valence-electron chi connectivity index (χ1n) is 6.21. The van der Waals surface area contributed by atoms with Crippen LogP contribution in [0.5, 0.6) is 0 Å². The summed E-state index contributed by atoms with van der Waals surface area (Å²) in [5.74, 6) is 0. The van der Waals surface area contributed by atoms with Gasteiger partial charge in [0.15, 0.2) is 0 Å². The van der Waals surface area contributed by atoms with Crippen molar-refractivity contribution in [1.82, 2.24) is 0 Å². The zero-order valence-corrected chi connectivity index (χ0v) is 10.8. The Morgan fingerprint density at radius 1 is 1.29 bits per heavy atom. The van der Waals surface area contributed by atoms with Crippen molar-refractivity contribution < 1.29 is 9.84 Å². The molecule has 0 bridgehead atoms. The molecule has 0 amide bonds. The third-order valence-electron chi connectivity index (χ3n) is 3.17. The van der Waals surface area contributed by atoms with Crippen LogP contribution < -0.4 is 4.90 Å². The van der Waals surface area contributed by atoms with E-state index in [1.807, 2.05) is 6.92 Å². The molecule has 0 saturated carbocycles. The van der Waals surface area contributed by atoms with Crippen molar-refractivity contribution in [3.63, 3.8) is 0 Å². The van der Waals surface area contributed by atoms with Gasteiger partial charge < -0.3 is 14.7 Å². The monoisotopic (exact) mass is 235 g/mol. The molecule has 0 aromatic heterocycles. The minimum atomic E-state index is 0.0944. The van der Waals surface area contributed by atoms with Crippen molar-refractivity contribution in [3.8, 4) is 0 Å². The summed E-state index contributed by atoms with van der Waals surface area (Å²) in [6, 6.07) is 6.26. The summed E-state index contributed by atoms with van der Waals surface area (Å²) in [5.41, 5.74) is 3.33. The lowest BCUT2D eigenvalue weighted by atomic mass is 10.1. The summed E-state index contributed by atoms with van der Waals surface area (Å²) >= 11 is 0. The van der Waals surface area contributed by atoms with Gasteiger partial charge in [0.25, 0.3) is 0 Å². The number of aryl methyl sites for hydroxylation is 1. The van der Waals surface area contributed by atoms with Crippen LogP contribution in [0.3, 0.4) is 0 Å². The molecule has 1 aliphatic rings. The summed E-state index contributed by atoms with van der Waals surface area (Å²) < 4.78 is 5.73. The van der Waals surface area contributed by atoms with Crippen LogP contribution in [-0.2, 0) is 11.3 Å². The minimum Gasteiger partial charge on any atom is -0.392 e. The number of aliphatic hydroxyl groups excluding tert-OH is 1. The summed E-state index contributed by atoms with van der Waals surface area (Å²) in [4.78, 5) is 2.31. The van der Waals surface area contributed by atoms with Crippen molar-refractivity contribution in [2.45, 2.75) is 39.6 Å². The average Bonchev–Trinajstić information content (AvgIpc) is 2.27. The van der Waals surface area contributed by atoms with Crippen LogP contribution in [-0.4, -0.2) is 30.4 Å². The van der Waals surface area contributed by atoms with E-state index in [4.69, 9.17) is 4.74 Å². The highest BCUT2D eigenvalue weighted by molar-refractivity contribution is 5.55. The topological polar surface area (TPSA) is 32.7 Å². The van der Waals surface area contributed by atoms with E-state index >= 15 is 0 Å². The minimum absolute atomic E-state index is 0.0944. The number of ether oxygens (including phenoxy) is 1. The van der Waals surface area contributed by atoms with Crippen LogP contribution in [0, 0.1) is 6.92 Å². The van der Waals surface area contributed by atoms with Gasteiger partial charge in [0.2, 0.25) is 0 Å². The Morgan fingerprint density at radius 3 is 2.53 bits per heavy atom. The Bertz CT molecular complexity index is 382. The number of morpholine rings is 1. The summed E-state index contributed by atoms with van der Waals surface area (Å²) in [7, 11) is 0. The molecule has 0 radical (unpaired) electrons. The van der Waals surface area contributed by atoms with E-state index in [9.17, 15) is 5.11 Å². The Labute approximate surface area is 103 Å². The molecular weight excluding hydrogens is 214 g/mol. The predicted octanol–water partition coefficient (Wildman–Crippen LogP) is 2.10. The Hall–Kier alpha value is -1.06. The maximum Gasteiger partial charge on any atom is 0.0726 e. The highest BCUT2D eigenvalue weighted by atomic mass is 16.5. The fourth-order valence-electron chi connectivity index (χ4n) is 2.52. The molecule has 1 N–H and O–H groups in total. The van der Waals surface area contributed by atoms with Crippen LogP contribution >= 0.6 is 0 Å². The van der Waals surface area contributed by atoms with Crippen LogP contribution in [0.1, 0.15) is 25.0 Å². The SMILES string of the molecule is Cc1ccc(N2C[C@@H](C)O[C@@H](C)C2)c(CO)c1. The smallest absolute Gasteiger partial charge is 0.0726 e. The number of hydrogen-bond acceptors (Lipinski definition) is 3. The zero-order chi connectivity index (χ0) is 12.4. The normalized spacial score (nSPS) is 25.1. The third-order valence-corrected chi connectivity index (χ3v) is 3.17. The molecule has 2 rings (SSSR count). The van der Waals surface area contributed by atoms with Gasteiger partial charge in [-0.15, -0.1) is 0 Å². The molecule has 94 valence electrons. The lowest BCUT2D eigenvalue weighted by molar-refractivity contribution is -0.00531. The average molecular weight is 235 g/mol. The van der Waals surface area contributed by atoms with Gasteiger partial charge in [0, 0.05) is 24.3 Å². The number of benzene rings is 1. The number of rotatable bonds is 2. The second-order valence-corrected chi connectivity index (χ2v) is 4.95. The summed E-state index contributed by atoms with van der Waals surface area (Å²) in [6.45, 7) is 8.11. The van der Waals surface area contributed by atoms with Gasteiger partial charge in [0.1, 0.15) is 0 Å². The van der Waals surface area contributed by atoms with Gasteiger partial charge >= 0.3 is 0 Å². The summed E-state index contributed by atoms with van der Waals surface area (Å²) in [5, 5.41) is 9.45. The maximum absolute atomic E-state index is 9.45. The van der Waals surface area contributed by atoms with E-state index in [1.165, 1.54) is 5.56 Å². The highest BCUT2D eigenvalue weighted by Crippen LogP contribution is 2.25. The second kappa shape index (κ2) is 5.07. The number of aliphatic hydroxyl groups is 1. The van der Waals surface area contributed by atoms with Gasteiger partial charge in [-0.2, -0.15) is 0 Å². The van der Waals surface area contributed by atoms with Crippen LogP contribution in [0.25, 0.3) is 0 Å². The molecule has 0 unspecified atom stereocenters. The molecule has 3 heteroatoms. The Kier molecular flexibility index (Phi) is 3.69. The quantitative estimate of drug-likeness (QED) is 0.852. The maximum atomic E-state index is 9.45. The van der Waals surface area contributed by atoms with Crippen LogP contribution in [0.2, 0.25) is 0 Å². The molecule has 0 spiro atoms. The van der Waals surface area contributed by atoms with Gasteiger partial charge in [-0.25, -0.2) is 0 Å². The first kappa shape index (κ1) is 12.4. The summed E-state index contributed by atoms with van der Waals surface area (Å²) in [6.07, 6.45) is 0.484. The van der Waals surface area contributed by atoms with Crippen LogP contribution in [0.15, 0.2) is 18.2 Å². The van der Waals surface area contributed by atoms with Gasteiger partial charge in [-0.1, -0.05) is 17.7 Å².